The SMILES string of the molecule is Cc1c[nH]c2cc(C(=O)N(CC(=O)N3CCC(Oc4ccccn4)CC3)c3ccccn3)ccc12. The summed E-state index contributed by atoms with van der Waals surface area (Å²) >= 11 is 0. The van der Waals surface area contributed by atoms with Crippen LogP contribution in [0.25, 0.3) is 10.9 Å². The number of rotatable bonds is 6. The lowest BCUT2D eigenvalue weighted by Gasteiger charge is -2.33. The lowest BCUT2D eigenvalue weighted by Crippen LogP contribution is -2.47. The van der Waals surface area contributed by atoms with Crippen LogP contribution in [-0.4, -0.2) is 57.4 Å². The maximum atomic E-state index is 13.5. The molecule has 178 valence electrons. The molecular formula is C27H27N5O3. The van der Waals surface area contributed by atoms with Crippen molar-refractivity contribution in [3.63, 3.8) is 0 Å². The molecule has 0 aliphatic carbocycles. The maximum Gasteiger partial charge on any atom is 0.259 e. The van der Waals surface area contributed by atoms with Crippen LogP contribution in [0.2, 0.25) is 0 Å². The molecule has 0 atom stereocenters. The number of nitrogens with one attached hydrogen (secondary N) is 1. The van der Waals surface area contributed by atoms with E-state index in [9.17, 15) is 9.59 Å². The number of nitrogens with zero attached hydrogens (tertiary/aromatic N) is 4. The number of benzene rings is 1. The first-order valence-electron chi connectivity index (χ1n) is 11.7. The molecule has 5 rings (SSSR count). The Labute approximate surface area is 203 Å². The molecule has 1 aromatic carbocycles. The van der Waals surface area contributed by atoms with Crippen molar-refractivity contribution in [2.45, 2.75) is 25.9 Å². The Hall–Kier alpha value is -4.20. The van der Waals surface area contributed by atoms with E-state index in [4.69, 9.17) is 4.74 Å². The zero-order valence-electron chi connectivity index (χ0n) is 19.6. The number of fused-ring (bicyclic) bond motifs is 1. The van der Waals surface area contributed by atoms with Crippen LogP contribution in [0.3, 0.4) is 0 Å². The van der Waals surface area contributed by atoms with Crippen LogP contribution in [0.4, 0.5) is 5.82 Å². The van der Waals surface area contributed by atoms with Crippen molar-refractivity contribution in [3.8, 4) is 5.88 Å². The molecule has 1 N–H and O–H groups in total. The van der Waals surface area contributed by atoms with Crippen molar-refractivity contribution in [3.05, 3.63) is 84.3 Å². The number of amides is 2. The first-order chi connectivity index (χ1) is 17.1. The van der Waals surface area contributed by atoms with Crippen LogP contribution in [0, 0.1) is 6.92 Å². The fourth-order valence-corrected chi connectivity index (χ4v) is 4.38. The number of ether oxygens (including phenoxy) is 1. The minimum absolute atomic E-state index is 0.0125. The number of aromatic amines is 1. The molecular weight excluding hydrogens is 442 g/mol. The van der Waals surface area contributed by atoms with Gasteiger partial charge in [0.25, 0.3) is 5.91 Å². The number of hydrogen-bond donors (Lipinski definition) is 1. The summed E-state index contributed by atoms with van der Waals surface area (Å²) in [5, 5.41) is 1.07. The van der Waals surface area contributed by atoms with Gasteiger partial charge in [-0.3, -0.25) is 14.5 Å². The number of likely N-dealkylation sites (tertiary alicyclic amines) is 1. The Balaban J connectivity index is 1.29. The second-order valence-electron chi connectivity index (χ2n) is 8.68. The Morgan fingerprint density at radius 1 is 1.06 bits per heavy atom. The molecule has 35 heavy (non-hydrogen) atoms. The average molecular weight is 470 g/mol. The van der Waals surface area contributed by atoms with Gasteiger partial charge in [-0.2, -0.15) is 0 Å². The van der Waals surface area contributed by atoms with Gasteiger partial charge in [0.1, 0.15) is 18.5 Å². The van der Waals surface area contributed by atoms with Crippen LogP contribution in [0.15, 0.2) is 73.2 Å². The number of carbonyl (C=O) groups excluding carboxylic acids is 2. The van der Waals surface area contributed by atoms with Crippen molar-refractivity contribution in [1.29, 1.82) is 0 Å². The smallest absolute Gasteiger partial charge is 0.259 e. The number of carbonyl (C=O) groups is 2. The van der Waals surface area contributed by atoms with Crippen molar-refractivity contribution >= 4 is 28.5 Å². The Kier molecular flexibility index (Phi) is 6.43. The van der Waals surface area contributed by atoms with Gasteiger partial charge >= 0.3 is 0 Å². The van der Waals surface area contributed by atoms with Crippen LogP contribution >= 0.6 is 0 Å². The predicted octanol–water partition coefficient (Wildman–Crippen LogP) is 3.98. The van der Waals surface area contributed by atoms with Crippen molar-refractivity contribution < 1.29 is 14.3 Å². The molecule has 0 spiro atoms. The van der Waals surface area contributed by atoms with Gasteiger partial charge in [0, 0.05) is 67.1 Å². The highest BCUT2D eigenvalue weighted by atomic mass is 16.5. The normalized spacial score (nSPS) is 14.1. The number of pyridine rings is 2. The summed E-state index contributed by atoms with van der Waals surface area (Å²) in [5.74, 6) is 0.664. The Morgan fingerprint density at radius 3 is 2.54 bits per heavy atom. The van der Waals surface area contributed by atoms with Crippen LogP contribution in [-0.2, 0) is 4.79 Å². The fraction of sp³-hybridized carbons (Fsp3) is 0.259. The predicted molar refractivity (Wildman–Crippen MR) is 133 cm³/mol. The first-order valence-corrected chi connectivity index (χ1v) is 11.7. The molecule has 4 aromatic rings. The van der Waals surface area contributed by atoms with Crippen LogP contribution in [0.5, 0.6) is 5.88 Å². The fourth-order valence-electron chi connectivity index (χ4n) is 4.38. The monoisotopic (exact) mass is 469 g/mol. The quantitative estimate of drug-likeness (QED) is 0.461. The summed E-state index contributed by atoms with van der Waals surface area (Å²) < 4.78 is 5.94. The number of aryl methyl sites for hydroxylation is 1. The Bertz CT molecular complexity index is 1310. The summed E-state index contributed by atoms with van der Waals surface area (Å²) in [6, 6.07) is 16.5. The zero-order chi connectivity index (χ0) is 24.2. The van der Waals surface area contributed by atoms with E-state index in [1.165, 1.54) is 4.90 Å². The number of H-pyrrole nitrogens is 1. The number of anilines is 1. The largest absolute Gasteiger partial charge is 0.474 e. The first kappa shape index (κ1) is 22.6. The number of piperidine rings is 1. The molecule has 3 aromatic heterocycles. The molecule has 0 radical (unpaired) electrons. The summed E-state index contributed by atoms with van der Waals surface area (Å²) in [4.78, 5) is 41.8. The van der Waals surface area contributed by atoms with Gasteiger partial charge < -0.3 is 14.6 Å². The van der Waals surface area contributed by atoms with Gasteiger partial charge in [-0.25, -0.2) is 9.97 Å². The summed E-state index contributed by atoms with van der Waals surface area (Å²) in [7, 11) is 0. The Morgan fingerprint density at radius 2 is 1.83 bits per heavy atom. The van der Waals surface area contributed by atoms with E-state index in [1.54, 1.807) is 35.5 Å². The maximum absolute atomic E-state index is 13.5. The molecule has 8 nitrogen and oxygen atoms in total. The minimum atomic E-state index is -0.264. The van der Waals surface area contributed by atoms with E-state index in [2.05, 4.69) is 15.0 Å². The topological polar surface area (TPSA) is 91.4 Å². The van der Waals surface area contributed by atoms with Gasteiger partial charge in [0.2, 0.25) is 11.8 Å². The van der Waals surface area contributed by atoms with E-state index in [-0.39, 0.29) is 24.5 Å². The van der Waals surface area contributed by atoms with Gasteiger partial charge in [-0.15, -0.1) is 0 Å². The average Bonchev–Trinajstić information content (AvgIpc) is 3.28. The molecule has 0 bridgehead atoms. The minimum Gasteiger partial charge on any atom is -0.474 e. The molecule has 4 heterocycles. The summed E-state index contributed by atoms with van der Waals surface area (Å²) in [6.07, 6.45) is 6.67. The third kappa shape index (κ3) is 5.01. The summed E-state index contributed by atoms with van der Waals surface area (Å²) in [6.45, 7) is 3.07. The van der Waals surface area contributed by atoms with E-state index in [1.807, 2.05) is 49.5 Å². The van der Waals surface area contributed by atoms with Crippen molar-refractivity contribution in [1.82, 2.24) is 19.9 Å². The highest BCUT2D eigenvalue weighted by Crippen LogP contribution is 2.22. The highest BCUT2D eigenvalue weighted by molar-refractivity contribution is 6.09. The molecule has 1 fully saturated rings. The number of hydrogen-bond acceptors (Lipinski definition) is 5. The van der Waals surface area contributed by atoms with E-state index < -0.39 is 0 Å². The number of aromatic nitrogens is 3. The van der Waals surface area contributed by atoms with E-state index >= 15 is 0 Å². The molecule has 0 saturated carbocycles. The van der Waals surface area contributed by atoms with Crippen LogP contribution < -0.4 is 9.64 Å². The third-order valence-corrected chi connectivity index (χ3v) is 6.32. The highest BCUT2D eigenvalue weighted by Gasteiger charge is 2.28. The molecule has 1 aliphatic rings. The second-order valence-corrected chi connectivity index (χ2v) is 8.68. The van der Waals surface area contributed by atoms with E-state index in [0.717, 1.165) is 16.5 Å². The van der Waals surface area contributed by atoms with Crippen LogP contribution in [0.1, 0.15) is 28.8 Å². The molecule has 1 aliphatic heterocycles. The van der Waals surface area contributed by atoms with Crippen molar-refractivity contribution in [2.75, 3.05) is 24.5 Å². The van der Waals surface area contributed by atoms with Gasteiger partial charge in [0.15, 0.2) is 0 Å². The molecule has 1 saturated heterocycles. The standard InChI is InChI=1S/C27H27N5O3/c1-19-17-30-23-16-20(8-9-22(19)23)27(34)32(24-6-2-4-12-28-24)18-26(33)31-14-10-21(11-15-31)35-25-7-3-5-13-29-25/h2-9,12-13,16-17,21,30H,10-11,14-15,18H2,1H3. The van der Waals surface area contributed by atoms with Gasteiger partial charge in [0.05, 0.1) is 0 Å². The summed E-state index contributed by atoms with van der Waals surface area (Å²) in [5.41, 5.74) is 2.50. The second kappa shape index (κ2) is 9.97. The third-order valence-electron chi connectivity index (χ3n) is 6.32. The van der Waals surface area contributed by atoms with Gasteiger partial charge in [-0.1, -0.05) is 18.2 Å². The lowest BCUT2D eigenvalue weighted by molar-refractivity contribution is -0.131. The van der Waals surface area contributed by atoms with Gasteiger partial charge in [-0.05, 0) is 42.8 Å². The molecule has 0 unspecified atom stereocenters. The zero-order valence-corrected chi connectivity index (χ0v) is 19.6. The molecule has 8 heteroatoms. The van der Waals surface area contributed by atoms with Crippen molar-refractivity contribution in [2.24, 2.45) is 0 Å². The van der Waals surface area contributed by atoms with E-state index in [0.29, 0.717) is 43.2 Å². The lowest BCUT2D eigenvalue weighted by atomic mass is 10.1. The molecule has 2 amide bonds.